The molecule has 1 aliphatic rings. The lowest BCUT2D eigenvalue weighted by Crippen LogP contribution is -2.17. The fourth-order valence-corrected chi connectivity index (χ4v) is 10.4. The molecular formula is C55H36O. The van der Waals surface area contributed by atoms with Gasteiger partial charge in [0.25, 0.3) is 0 Å². The van der Waals surface area contributed by atoms with Crippen LogP contribution in [0.5, 0.6) is 0 Å². The van der Waals surface area contributed by atoms with Crippen LogP contribution in [0.4, 0.5) is 0 Å². The zero-order valence-electron chi connectivity index (χ0n) is 31.2. The summed E-state index contributed by atoms with van der Waals surface area (Å²) < 4.78 is 6.43. The lowest BCUT2D eigenvalue weighted by molar-refractivity contribution is 0.668. The van der Waals surface area contributed by atoms with E-state index in [9.17, 15) is 0 Å². The van der Waals surface area contributed by atoms with Gasteiger partial charge in [-0.3, -0.25) is 0 Å². The highest BCUT2D eigenvalue weighted by Crippen LogP contribution is 2.58. The van der Waals surface area contributed by atoms with Crippen LogP contribution in [0.2, 0.25) is 0 Å². The lowest BCUT2D eigenvalue weighted by atomic mass is 9.75. The molecule has 0 unspecified atom stereocenters. The van der Waals surface area contributed by atoms with E-state index < -0.39 is 0 Å². The van der Waals surface area contributed by atoms with Crippen LogP contribution in [0.15, 0.2) is 186 Å². The molecule has 56 heavy (non-hydrogen) atoms. The van der Waals surface area contributed by atoms with Gasteiger partial charge in [0.2, 0.25) is 0 Å². The van der Waals surface area contributed by atoms with Crippen molar-refractivity contribution in [1.82, 2.24) is 0 Å². The summed E-state index contributed by atoms with van der Waals surface area (Å²) in [4.78, 5) is 0. The topological polar surface area (TPSA) is 13.1 Å². The number of hydrogen-bond donors (Lipinski definition) is 0. The molecule has 10 aromatic carbocycles. The van der Waals surface area contributed by atoms with Gasteiger partial charge >= 0.3 is 0 Å². The second kappa shape index (κ2) is 11.5. The third kappa shape index (κ3) is 4.20. The maximum atomic E-state index is 6.43. The first kappa shape index (κ1) is 31.4. The molecule has 0 saturated heterocycles. The first-order valence-electron chi connectivity index (χ1n) is 19.6. The van der Waals surface area contributed by atoms with Crippen LogP contribution in [0.25, 0.3) is 110 Å². The predicted molar refractivity (Wildman–Crippen MR) is 238 cm³/mol. The number of benzene rings is 10. The molecule has 0 spiro atoms. The van der Waals surface area contributed by atoms with Crippen LogP contribution in [0.3, 0.4) is 0 Å². The van der Waals surface area contributed by atoms with Gasteiger partial charge in [-0.2, -0.15) is 0 Å². The molecule has 1 heteroatoms. The minimum atomic E-state index is -0.232. The van der Waals surface area contributed by atoms with Gasteiger partial charge in [0.05, 0.1) is 0 Å². The SMILES string of the molecule is CC1(C)c2c(-c3c4ccccc4c(-c4ccc(-c5cccc6c5oc5ccccc56)cc4)c4ccccc34)cccc2-c2c1c1ccccc1c1ccccc21. The van der Waals surface area contributed by atoms with Crippen LogP contribution in [-0.4, -0.2) is 0 Å². The van der Waals surface area contributed by atoms with Crippen molar-refractivity contribution in [3.63, 3.8) is 0 Å². The summed E-state index contributed by atoms with van der Waals surface area (Å²) in [7, 11) is 0. The van der Waals surface area contributed by atoms with Crippen molar-refractivity contribution in [2.45, 2.75) is 19.3 Å². The molecule has 262 valence electrons. The summed E-state index contributed by atoms with van der Waals surface area (Å²) in [5.74, 6) is 0. The molecule has 0 saturated carbocycles. The van der Waals surface area contributed by atoms with Crippen molar-refractivity contribution in [3.05, 3.63) is 193 Å². The Bertz CT molecular complexity index is 3370. The molecule has 0 aliphatic heterocycles. The Morgan fingerprint density at radius 2 is 0.732 bits per heavy atom. The van der Waals surface area contributed by atoms with Crippen molar-refractivity contribution >= 4 is 65.0 Å². The largest absolute Gasteiger partial charge is 0.455 e. The zero-order valence-corrected chi connectivity index (χ0v) is 31.2. The van der Waals surface area contributed by atoms with Crippen LogP contribution >= 0.6 is 0 Å². The number of rotatable bonds is 3. The number of hydrogen-bond acceptors (Lipinski definition) is 1. The lowest BCUT2D eigenvalue weighted by Gasteiger charge is -2.27. The van der Waals surface area contributed by atoms with Gasteiger partial charge in [0.15, 0.2) is 0 Å². The van der Waals surface area contributed by atoms with E-state index >= 15 is 0 Å². The molecular weight excluding hydrogens is 677 g/mol. The van der Waals surface area contributed by atoms with Gasteiger partial charge in [0, 0.05) is 21.8 Å². The summed E-state index contributed by atoms with van der Waals surface area (Å²) in [6.45, 7) is 4.88. The first-order valence-corrected chi connectivity index (χ1v) is 19.6. The van der Waals surface area contributed by atoms with Crippen LogP contribution in [0.1, 0.15) is 25.0 Å². The summed E-state index contributed by atoms with van der Waals surface area (Å²) in [5.41, 5.74) is 14.5. The van der Waals surface area contributed by atoms with Gasteiger partial charge < -0.3 is 4.42 Å². The Hall–Kier alpha value is -6.96. The predicted octanol–water partition coefficient (Wildman–Crippen LogP) is 15.5. The highest BCUT2D eigenvalue weighted by molar-refractivity contribution is 6.24. The summed E-state index contributed by atoms with van der Waals surface area (Å²) >= 11 is 0. The van der Waals surface area contributed by atoms with E-state index in [4.69, 9.17) is 4.42 Å². The van der Waals surface area contributed by atoms with E-state index in [0.29, 0.717) is 0 Å². The maximum absolute atomic E-state index is 6.43. The molecule has 1 aliphatic carbocycles. The van der Waals surface area contributed by atoms with E-state index in [-0.39, 0.29) is 5.41 Å². The molecule has 0 radical (unpaired) electrons. The summed E-state index contributed by atoms with van der Waals surface area (Å²) in [5, 5.41) is 12.7. The summed E-state index contributed by atoms with van der Waals surface area (Å²) in [6, 6.07) is 66.9. The minimum Gasteiger partial charge on any atom is -0.455 e. The van der Waals surface area contributed by atoms with Crippen LogP contribution in [0, 0.1) is 0 Å². The fraction of sp³-hybridized carbons (Fsp3) is 0.0545. The monoisotopic (exact) mass is 712 g/mol. The normalized spacial score (nSPS) is 13.3. The Morgan fingerprint density at radius 1 is 0.304 bits per heavy atom. The molecule has 1 aromatic heterocycles. The van der Waals surface area contributed by atoms with E-state index in [1.807, 2.05) is 6.07 Å². The standard InChI is InChI=1S/C55H36O/c1-55(2)52-46(26-14-27-47(52)51-39-18-5-3-15-36(39)37-16-4-10-23-44(37)53(51)55)50-42-21-8-6-19-40(42)49(41-20-7-9-22-43(41)50)34-31-29-33(30-32-34)35-24-13-25-45-38-17-11-12-28-48(38)56-54(35)45/h3-32H,1-2H3. The number of furan rings is 1. The molecule has 12 rings (SSSR count). The Kier molecular flexibility index (Phi) is 6.46. The molecule has 11 aromatic rings. The molecule has 0 atom stereocenters. The quantitative estimate of drug-likeness (QED) is 0.131. The van der Waals surface area contributed by atoms with Gasteiger partial charge in [0.1, 0.15) is 11.2 Å². The van der Waals surface area contributed by atoms with Crippen molar-refractivity contribution in [2.75, 3.05) is 0 Å². The maximum Gasteiger partial charge on any atom is 0.143 e. The van der Waals surface area contributed by atoms with Gasteiger partial charge in [-0.05, 0) is 99.2 Å². The Balaban J connectivity index is 1.09. The van der Waals surface area contributed by atoms with Crippen molar-refractivity contribution < 1.29 is 4.42 Å². The van der Waals surface area contributed by atoms with Gasteiger partial charge in [-0.15, -0.1) is 0 Å². The van der Waals surface area contributed by atoms with Crippen LogP contribution in [-0.2, 0) is 5.41 Å². The van der Waals surface area contributed by atoms with E-state index in [1.54, 1.807) is 0 Å². The van der Waals surface area contributed by atoms with Crippen molar-refractivity contribution in [2.24, 2.45) is 0 Å². The van der Waals surface area contributed by atoms with Gasteiger partial charge in [-0.1, -0.05) is 190 Å². The Morgan fingerprint density at radius 3 is 1.38 bits per heavy atom. The third-order valence-corrected chi connectivity index (χ3v) is 12.6. The highest BCUT2D eigenvalue weighted by atomic mass is 16.3. The average Bonchev–Trinajstić information content (AvgIpc) is 3.75. The van der Waals surface area contributed by atoms with Crippen molar-refractivity contribution in [3.8, 4) is 44.5 Å². The van der Waals surface area contributed by atoms with E-state index in [0.717, 1.165) is 33.1 Å². The third-order valence-electron chi connectivity index (χ3n) is 12.6. The molecule has 0 fully saturated rings. The summed E-state index contributed by atoms with van der Waals surface area (Å²) in [6.07, 6.45) is 0. The zero-order chi connectivity index (χ0) is 37.1. The van der Waals surface area contributed by atoms with E-state index in [2.05, 4.69) is 190 Å². The van der Waals surface area contributed by atoms with Crippen LogP contribution < -0.4 is 0 Å². The van der Waals surface area contributed by atoms with Gasteiger partial charge in [-0.25, -0.2) is 0 Å². The molecule has 1 nitrogen and oxygen atoms in total. The second-order valence-electron chi connectivity index (χ2n) is 15.9. The van der Waals surface area contributed by atoms with Crippen molar-refractivity contribution in [1.29, 1.82) is 0 Å². The van der Waals surface area contributed by atoms with E-state index in [1.165, 1.54) is 87.6 Å². The minimum absolute atomic E-state index is 0.232. The second-order valence-corrected chi connectivity index (χ2v) is 15.9. The highest BCUT2D eigenvalue weighted by Gasteiger charge is 2.40. The Labute approximate surface area is 325 Å². The first-order chi connectivity index (χ1) is 27.6. The molecule has 0 amide bonds. The smallest absolute Gasteiger partial charge is 0.143 e. The molecule has 1 heterocycles. The number of fused-ring (bicyclic) bond motifs is 13. The fourth-order valence-electron chi connectivity index (χ4n) is 10.4. The molecule has 0 N–H and O–H groups in total. The number of para-hydroxylation sites is 2. The molecule has 0 bridgehead atoms. The average molecular weight is 713 g/mol.